The molecule has 0 radical (unpaired) electrons. The third-order valence-electron chi connectivity index (χ3n) is 3.41. The summed E-state index contributed by atoms with van der Waals surface area (Å²) in [6.07, 6.45) is 2.17. The van der Waals surface area contributed by atoms with Crippen molar-refractivity contribution in [2.24, 2.45) is 0 Å². The Bertz CT molecular complexity index is 867. The zero-order valence-corrected chi connectivity index (χ0v) is 14.4. The molecule has 0 atom stereocenters. The topological polar surface area (TPSA) is 84.9 Å². The summed E-state index contributed by atoms with van der Waals surface area (Å²) in [5, 5.41) is 11.3. The predicted octanol–water partition coefficient (Wildman–Crippen LogP) is 3.34. The van der Waals surface area contributed by atoms with Crippen molar-refractivity contribution in [2.45, 2.75) is 0 Å². The van der Waals surface area contributed by atoms with Gasteiger partial charge in [0.2, 0.25) is 0 Å². The van der Waals surface area contributed by atoms with Gasteiger partial charge in [0.1, 0.15) is 24.0 Å². The molecule has 0 spiro atoms. The van der Waals surface area contributed by atoms with Gasteiger partial charge in [0.05, 0.1) is 17.9 Å². The average Bonchev–Trinajstić information content (AvgIpc) is 2.61. The monoisotopic (exact) mass is 377 g/mol. The second-order valence-corrected chi connectivity index (χ2v) is 5.34. The number of carbonyl (C=O) groups is 2. The molecule has 2 rings (SSSR count). The predicted molar refractivity (Wildman–Crippen MR) is 94.8 cm³/mol. The zero-order valence-electron chi connectivity index (χ0n) is 14.4. The van der Waals surface area contributed by atoms with Crippen molar-refractivity contribution in [1.29, 1.82) is 0 Å². The van der Waals surface area contributed by atoms with Crippen LogP contribution in [-0.4, -0.2) is 37.3 Å². The summed E-state index contributed by atoms with van der Waals surface area (Å²) in [7, 11) is 1.52. The van der Waals surface area contributed by atoms with Gasteiger partial charge in [-0.15, -0.1) is 0 Å². The van der Waals surface area contributed by atoms with E-state index in [1.165, 1.54) is 25.3 Å². The number of halogens is 2. The first-order valence-corrected chi connectivity index (χ1v) is 7.84. The van der Waals surface area contributed by atoms with Gasteiger partial charge >= 0.3 is 5.97 Å². The lowest BCUT2D eigenvalue weighted by Crippen LogP contribution is -2.15. The molecule has 27 heavy (non-hydrogen) atoms. The summed E-state index contributed by atoms with van der Waals surface area (Å²) in [5.41, 5.74) is 0.221. The quantitative estimate of drug-likeness (QED) is 0.544. The van der Waals surface area contributed by atoms with Crippen molar-refractivity contribution < 1.29 is 33.0 Å². The Morgan fingerprint density at radius 2 is 1.93 bits per heavy atom. The largest absolute Gasteiger partial charge is 0.491 e. The third kappa shape index (κ3) is 5.89. The maximum absolute atomic E-state index is 13.8. The molecule has 0 bridgehead atoms. The van der Waals surface area contributed by atoms with Crippen LogP contribution in [0.25, 0.3) is 6.08 Å². The first-order chi connectivity index (χ1) is 12.9. The van der Waals surface area contributed by atoms with Crippen molar-refractivity contribution in [3.8, 4) is 5.75 Å². The Labute approximate surface area is 154 Å². The third-order valence-corrected chi connectivity index (χ3v) is 3.41. The lowest BCUT2D eigenvalue weighted by molar-refractivity contribution is -0.131. The number of carbonyl (C=O) groups excluding carboxylic acids is 1. The standard InChI is InChI=1S/C19H17F2NO5/c1-26-8-9-27-14-5-2-12(3-7-18(23)24)17(11-14)22-19(25)15-6-4-13(20)10-16(15)21/h2-7,10-11H,8-9H2,1H3,(H,22,25)(H,23,24)/b7-3+. The van der Waals surface area contributed by atoms with Crippen LogP contribution in [0.2, 0.25) is 0 Å². The molecule has 0 aromatic heterocycles. The van der Waals surface area contributed by atoms with Gasteiger partial charge in [0, 0.05) is 25.3 Å². The number of hydrogen-bond acceptors (Lipinski definition) is 4. The number of hydrogen-bond donors (Lipinski definition) is 2. The number of aliphatic carboxylic acids is 1. The van der Waals surface area contributed by atoms with E-state index in [1.54, 1.807) is 6.07 Å². The Morgan fingerprint density at radius 1 is 1.15 bits per heavy atom. The number of ether oxygens (including phenoxy) is 2. The molecule has 6 nitrogen and oxygen atoms in total. The number of anilines is 1. The Kier molecular flexibility index (Phi) is 7.01. The number of carboxylic acid groups (broad SMARTS) is 1. The van der Waals surface area contributed by atoms with Crippen LogP contribution in [0.1, 0.15) is 15.9 Å². The van der Waals surface area contributed by atoms with Gasteiger partial charge in [-0.05, 0) is 35.9 Å². The minimum Gasteiger partial charge on any atom is -0.491 e. The average molecular weight is 377 g/mol. The van der Waals surface area contributed by atoms with Crippen molar-refractivity contribution in [3.05, 3.63) is 65.2 Å². The minimum absolute atomic E-state index is 0.205. The van der Waals surface area contributed by atoms with Gasteiger partial charge in [-0.2, -0.15) is 0 Å². The highest BCUT2D eigenvalue weighted by Gasteiger charge is 2.14. The summed E-state index contributed by atoms with van der Waals surface area (Å²) in [5.74, 6) is -3.40. The summed E-state index contributed by atoms with van der Waals surface area (Å²) < 4.78 is 37.2. The second kappa shape index (κ2) is 9.44. The van der Waals surface area contributed by atoms with Crippen LogP contribution < -0.4 is 10.1 Å². The normalized spacial score (nSPS) is 10.8. The zero-order chi connectivity index (χ0) is 19.8. The molecule has 2 aromatic carbocycles. The van der Waals surface area contributed by atoms with Crippen molar-refractivity contribution in [1.82, 2.24) is 0 Å². The summed E-state index contributed by atoms with van der Waals surface area (Å²) in [4.78, 5) is 23.1. The van der Waals surface area contributed by atoms with Gasteiger partial charge in [0.25, 0.3) is 5.91 Å². The van der Waals surface area contributed by atoms with Crippen molar-refractivity contribution in [3.63, 3.8) is 0 Å². The summed E-state index contributed by atoms with van der Waals surface area (Å²) in [6, 6.07) is 7.18. The first-order valence-electron chi connectivity index (χ1n) is 7.84. The van der Waals surface area contributed by atoms with Gasteiger partial charge in [-0.1, -0.05) is 0 Å². The SMILES string of the molecule is COCCOc1ccc(/C=C/C(=O)O)c(NC(=O)c2ccc(F)cc2F)c1. The second-order valence-electron chi connectivity index (χ2n) is 5.34. The van der Waals surface area contributed by atoms with Gasteiger partial charge in [0.15, 0.2) is 0 Å². The van der Waals surface area contributed by atoms with E-state index in [1.807, 2.05) is 0 Å². The molecule has 0 saturated carbocycles. The van der Waals surface area contributed by atoms with Gasteiger partial charge < -0.3 is 19.9 Å². The van der Waals surface area contributed by atoms with Crippen LogP contribution in [0.4, 0.5) is 14.5 Å². The number of methoxy groups -OCH3 is 1. The molecule has 8 heteroatoms. The maximum atomic E-state index is 13.8. The van der Waals surface area contributed by atoms with E-state index in [4.69, 9.17) is 14.6 Å². The maximum Gasteiger partial charge on any atom is 0.328 e. The fourth-order valence-corrected chi connectivity index (χ4v) is 2.15. The minimum atomic E-state index is -1.17. The molecule has 1 amide bonds. The van der Waals surface area contributed by atoms with Crippen LogP contribution in [0.15, 0.2) is 42.5 Å². The lowest BCUT2D eigenvalue weighted by atomic mass is 10.1. The highest BCUT2D eigenvalue weighted by molar-refractivity contribution is 6.05. The lowest BCUT2D eigenvalue weighted by Gasteiger charge is -2.12. The Hall–Kier alpha value is -3.26. The molecule has 0 unspecified atom stereocenters. The number of amides is 1. The van der Waals surface area contributed by atoms with Crippen molar-refractivity contribution in [2.75, 3.05) is 25.6 Å². The van der Waals surface area contributed by atoms with E-state index in [-0.39, 0.29) is 17.9 Å². The fourth-order valence-electron chi connectivity index (χ4n) is 2.15. The van der Waals surface area contributed by atoms with E-state index in [9.17, 15) is 18.4 Å². The van der Waals surface area contributed by atoms with E-state index in [0.717, 1.165) is 18.2 Å². The molecule has 0 aliphatic heterocycles. The molecule has 0 heterocycles. The molecule has 2 N–H and O–H groups in total. The highest BCUT2D eigenvalue weighted by atomic mass is 19.1. The molecular formula is C19H17F2NO5. The van der Waals surface area contributed by atoms with Crippen LogP contribution in [0.5, 0.6) is 5.75 Å². The van der Waals surface area contributed by atoms with E-state index in [2.05, 4.69) is 5.32 Å². The number of carboxylic acids is 1. The van der Waals surface area contributed by atoms with Crippen molar-refractivity contribution >= 4 is 23.6 Å². The van der Waals surface area contributed by atoms with Gasteiger partial charge in [-0.3, -0.25) is 4.79 Å². The van der Waals surface area contributed by atoms with Crippen LogP contribution in [0.3, 0.4) is 0 Å². The highest BCUT2D eigenvalue weighted by Crippen LogP contribution is 2.25. The Morgan fingerprint density at radius 3 is 2.59 bits per heavy atom. The van der Waals surface area contributed by atoms with Crippen LogP contribution >= 0.6 is 0 Å². The first kappa shape index (κ1) is 20.1. The number of rotatable bonds is 8. The smallest absolute Gasteiger partial charge is 0.328 e. The molecule has 2 aromatic rings. The summed E-state index contributed by atoms with van der Waals surface area (Å²) >= 11 is 0. The molecule has 0 aliphatic rings. The van der Waals surface area contributed by atoms with E-state index >= 15 is 0 Å². The molecule has 142 valence electrons. The Balaban J connectivity index is 2.30. The number of nitrogens with one attached hydrogen (secondary N) is 1. The van der Waals surface area contributed by atoms with E-state index < -0.39 is 23.5 Å². The van der Waals surface area contributed by atoms with E-state index in [0.29, 0.717) is 24.0 Å². The summed E-state index contributed by atoms with van der Waals surface area (Å²) in [6.45, 7) is 0.615. The molecule has 0 saturated heterocycles. The van der Waals surface area contributed by atoms with Crippen LogP contribution in [-0.2, 0) is 9.53 Å². The molecular weight excluding hydrogens is 360 g/mol. The molecule has 0 aliphatic carbocycles. The number of benzene rings is 2. The van der Waals surface area contributed by atoms with Crippen LogP contribution in [0, 0.1) is 11.6 Å². The fraction of sp³-hybridized carbons (Fsp3) is 0.158. The van der Waals surface area contributed by atoms with Gasteiger partial charge in [-0.25, -0.2) is 13.6 Å². The molecule has 0 fully saturated rings.